The molecule has 1 aromatic carbocycles. The number of imide groups is 1. The number of benzene rings is 1. The van der Waals surface area contributed by atoms with Gasteiger partial charge in [0.15, 0.2) is 9.84 Å². The maximum absolute atomic E-state index is 11.9. The van der Waals surface area contributed by atoms with Crippen molar-refractivity contribution >= 4 is 27.3 Å². The van der Waals surface area contributed by atoms with E-state index in [1.165, 1.54) is 11.2 Å². The van der Waals surface area contributed by atoms with Crippen LogP contribution in [0.3, 0.4) is 0 Å². The van der Waals surface area contributed by atoms with Gasteiger partial charge in [0, 0.05) is 31.2 Å². The Morgan fingerprint density at radius 2 is 1.58 bits per heavy atom. The number of likely N-dealkylation sites (tertiary alicyclic amines) is 1. The molecule has 2 amide bonds. The lowest BCUT2D eigenvalue weighted by Crippen LogP contribution is -2.43. The molecular weight excluding hydrogens is 328 g/mol. The Morgan fingerprint density at radius 1 is 1.00 bits per heavy atom. The number of nitrogens with zero attached hydrogens (tertiary/aromatic N) is 1. The summed E-state index contributed by atoms with van der Waals surface area (Å²) >= 11 is 0. The van der Waals surface area contributed by atoms with E-state index in [2.05, 4.69) is 5.32 Å². The van der Waals surface area contributed by atoms with Crippen molar-refractivity contribution in [3.63, 3.8) is 0 Å². The summed E-state index contributed by atoms with van der Waals surface area (Å²) in [6.07, 6.45) is 5.00. The highest BCUT2D eigenvalue weighted by molar-refractivity contribution is 7.90. The van der Waals surface area contributed by atoms with Crippen molar-refractivity contribution in [1.29, 1.82) is 0 Å². The van der Waals surface area contributed by atoms with E-state index in [1.54, 1.807) is 18.2 Å². The van der Waals surface area contributed by atoms with Crippen LogP contribution in [-0.2, 0) is 19.4 Å². The lowest BCUT2D eigenvalue weighted by molar-refractivity contribution is -0.141. The minimum absolute atomic E-state index is 0.00398. The van der Waals surface area contributed by atoms with Crippen molar-refractivity contribution in [1.82, 2.24) is 4.90 Å². The molecule has 0 spiro atoms. The number of carbonyl (C=O) groups is 2. The van der Waals surface area contributed by atoms with E-state index >= 15 is 0 Å². The van der Waals surface area contributed by atoms with Crippen molar-refractivity contribution in [2.24, 2.45) is 0 Å². The molecule has 0 bridgehead atoms. The third-order valence-electron chi connectivity index (χ3n) is 4.80. The van der Waals surface area contributed by atoms with Crippen LogP contribution in [0.1, 0.15) is 38.5 Å². The Bertz CT molecular complexity index is 736. The highest BCUT2D eigenvalue weighted by Gasteiger charge is 2.36. The molecular formula is C17H22N2O4S. The number of rotatable bonds is 4. The third-order valence-corrected chi connectivity index (χ3v) is 5.95. The molecule has 0 atom stereocenters. The van der Waals surface area contributed by atoms with Crippen molar-refractivity contribution in [2.45, 2.75) is 55.5 Å². The predicted octanol–water partition coefficient (Wildman–Crippen LogP) is 1.96. The molecule has 1 aliphatic carbocycles. The molecule has 1 N–H and O–H groups in total. The Morgan fingerprint density at radius 3 is 2.17 bits per heavy atom. The minimum atomic E-state index is -3.28. The highest BCUT2D eigenvalue weighted by atomic mass is 32.2. The summed E-state index contributed by atoms with van der Waals surface area (Å²) in [6, 6.07) is 7.04. The standard InChI is InChI=1S/C17H22N2O4S/c1-24(22,23)15-5-3-2-4-14(15)18-12-6-8-13(9-7-12)19-16(20)10-11-17(19)21/h2-5,12-13,18H,6-11H2,1H3. The molecule has 1 heterocycles. The summed E-state index contributed by atoms with van der Waals surface area (Å²) < 4.78 is 23.7. The van der Waals surface area contributed by atoms with Gasteiger partial charge in [0.05, 0.1) is 10.6 Å². The summed E-state index contributed by atoms with van der Waals surface area (Å²) in [6.45, 7) is 0. The quantitative estimate of drug-likeness (QED) is 0.839. The van der Waals surface area contributed by atoms with Gasteiger partial charge in [0.2, 0.25) is 11.8 Å². The number of sulfone groups is 1. The van der Waals surface area contributed by atoms with Crippen LogP contribution in [0, 0.1) is 0 Å². The molecule has 1 aliphatic heterocycles. The molecule has 1 saturated carbocycles. The van der Waals surface area contributed by atoms with Gasteiger partial charge >= 0.3 is 0 Å². The second-order valence-electron chi connectivity index (χ2n) is 6.58. The third kappa shape index (κ3) is 3.45. The van der Waals surface area contributed by atoms with E-state index in [4.69, 9.17) is 0 Å². The summed E-state index contributed by atoms with van der Waals surface area (Å²) in [5.41, 5.74) is 0.622. The molecule has 0 unspecified atom stereocenters. The van der Waals surface area contributed by atoms with Gasteiger partial charge in [-0.05, 0) is 37.8 Å². The van der Waals surface area contributed by atoms with Crippen LogP contribution in [0.4, 0.5) is 5.69 Å². The number of nitrogens with one attached hydrogen (secondary N) is 1. The van der Waals surface area contributed by atoms with Crippen LogP contribution in [-0.4, -0.2) is 43.5 Å². The first-order valence-electron chi connectivity index (χ1n) is 8.27. The molecule has 2 fully saturated rings. The first-order chi connectivity index (χ1) is 11.4. The average Bonchev–Trinajstić information content (AvgIpc) is 2.87. The minimum Gasteiger partial charge on any atom is -0.381 e. The van der Waals surface area contributed by atoms with Gasteiger partial charge in [-0.2, -0.15) is 0 Å². The van der Waals surface area contributed by atoms with Gasteiger partial charge in [-0.3, -0.25) is 14.5 Å². The van der Waals surface area contributed by atoms with E-state index in [9.17, 15) is 18.0 Å². The zero-order valence-corrected chi connectivity index (χ0v) is 14.5. The van der Waals surface area contributed by atoms with Gasteiger partial charge in [-0.1, -0.05) is 12.1 Å². The van der Waals surface area contributed by atoms with E-state index in [-0.39, 0.29) is 23.9 Å². The molecule has 24 heavy (non-hydrogen) atoms. The van der Waals surface area contributed by atoms with E-state index in [0.29, 0.717) is 23.4 Å². The van der Waals surface area contributed by atoms with Crippen molar-refractivity contribution in [2.75, 3.05) is 11.6 Å². The van der Waals surface area contributed by atoms with Gasteiger partial charge in [-0.25, -0.2) is 8.42 Å². The largest absolute Gasteiger partial charge is 0.381 e. The molecule has 3 rings (SSSR count). The lowest BCUT2D eigenvalue weighted by atomic mass is 9.90. The topological polar surface area (TPSA) is 83.6 Å². The van der Waals surface area contributed by atoms with Crippen LogP contribution in [0.5, 0.6) is 0 Å². The molecule has 6 nitrogen and oxygen atoms in total. The van der Waals surface area contributed by atoms with E-state index in [0.717, 1.165) is 25.7 Å². The molecule has 2 aliphatic rings. The number of carbonyl (C=O) groups excluding carboxylic acids is 2. The number of hydrogen-bond acceptors (Lipinski definition) is 5. The number of para-hydroxylation sites is 1. The zero-order chi connectivity index (χ0) is 17.3. The SMILES string of the molecule is CS(=O)(=O)c1ccccc1NC1CCC(N2C(=O)CCC2=O)CC1. The first-order valence-corrected chi connectivity index (χ1v) is 10.2. The van der Waals surface area contributed by atoms with Crippen molar-refractivity contribution in [3.05, 3.63) is 24.3 Å². The van der Waals surface area contributed by atoms with Crippen LogP contribution in [0.2, 0.25) is 0 Å². The Hall–Kier alpha value is -1.89. The number of amides is 2. The maximum atomic E-state index is 11.9. The van der Waals surface area contributed by atoms with Crippen molar-refractivity contribution in [3.8, 4) is 0 Å². The molecule has 1 saturated heterocycles. The van der Waals surface area contributed by atoms with Gasteiger partial charge in [0.1, 0.15) is 0 Å². The fourth-order valence-corrected chi connectivity index (χ4v) is 4.46. The van der Waals surface area contributed by atoms with E-state index < -0.39 is 9.84 Å². The van der Waals surface area contributed by atoms with Crippen LogP contribution in [0.25, 0.3) is 0 Å². The monoisotopic (exact) mass is 350 g/mol. The summed E-state index contributed by atoms with van der Waals surface area (Å²) in [7, 11) is -3.28. The number of hydrogen-bond donors (Lipinski definition) is 1. The zero-order valence-electron chi connectivity index (χ0n) is 13.7. The highest BCUT2D eigenvalue weighted by Crippen LogP contribution is 2.30. The molecule has 0 aromatic heterocycles. The average molecular weight is 350 g/mol. The van der Waals surface area contributed by atoms with Gasteiger partial charge < -0.3 is 5.32 Å². The fourth-order valence-electron chi connectivity index (χ4n) is 3.61. The van der Waals surface area contributed by atoms with Crippen molar-refractivity contribution < 1.29 is 18.0 Å². The fraction of sp³-hybridized carbons (Fsp3) is 0.529. The summed E-state index contributed by atoms with van der Waals surface area (Å²) in [5.74, 6) is -0.113. The molecule has 7 heteroatoms. The molecule has 0 radical (unpaired) electrons. The Balaban J connectivity index is 1.64. The van der Waals surface area contributed by atoms with Gasteiger partial charge in [-0.15, -0.1) is 0 Å². The van der Waals surface area contributed by atoms with Crippen LogP contribution >= 0.6 is 0 Å². The van der Waals surface area contributed by atoms with Gasteiger partial charge in [0.25, 0.3) is 0 Å². The smallest absolute Gasteiger partial charge is 0.229 e. The van der Waals surface area contributed by atoms with Crippen LogP contribution in [0.15, 0.2) is 29.2 Å². The molecule has 1 aromatic rings. The second kappa shape index (κ2) is 6.55. The molecule has 130 valence electrons. The van der Waals surface area contributed by atoms with Crippen LogP contribution < -0.4 is 5.32 Å². The maximum Gasteiger partial charge on any atom is 0.229 e. The van der Waals surface area contributed by atoms with E-state index in [1.807, 2.05) is 6.07 Å². The Kier molecular flexibility index (Phi) is 4.62. The first kappa shape index (κ1) is 17.0. The predicted molar refractivity (Wildman–Crippen MR) is 90.3 cm³/mol. The summed E-state index contributed by atoms with van der Waals surface area (Å²) in [5, 5.41) is 3.32. The normalized spacial score (nSPS) is 25.1. The number of anilines is 1. The lowest BCUT2D eigenvalue weighted by Gasteiger charge is -2.34. The summed E-state index contributed by atoms with van der Waals surface area (Å²) in [4.78, 5) is 25.4. The Labute approximate surface area is 142 Å². The second-order valence-corrected chi connectivity index (χ2v) is 8.56.